The summed E-state index contributed by atoms with van der Waals surface area (Å²) in [5.74, 6) is -0.490. The molecule has 0 unspecified atom stereocenters. The molecule has 2 aromatic carbocycles. The van der Waals surface area contributed by atoms with E-state index >= 15 is 0 Å². The predicted molar refractivity (Wildman–Crippen MR) is 72.3 cm³/mol. The zero-order chi connectivity index (χ0) is 12.4. The summed E-state index contributed by atoms with van der Waals surface area (Å²) in [5, 5.41) is 11.0. The molecule has 0 aliphatic carbocycles. The van der Waals surface area contributed by atoms with Crippen LogP contribution in [0, 0.1) is 0 Å². The molecule has 2 aromatic rings. The van der Waals surface area contributed by atoms with Crippen molar-refractivity contribution in [3.05, 3.63) is 42.0 Å². The molecule has 89 valence electrons. The van der Waals surface area contributed by atoms with Crippen molar-refractivity contribution in [1.29, 1.82) is 0 Å². The van der Waals surface area contributed by atoms with Gasteiger partial charge >= 0.3 is 5.97 Å². The quantitative estimate of drug-likeness (QED) is 0.855. The molecule has 0 saturated heterocycles. The second-order valence-corrected chi connectivity index (χ2v) is 4.03. The molecule has 0 aromatic heterocycles. The van der Waals surface area contributed by atoms with E-state index in [9.17, 15) is 4.79 Å². The molecule has 0 bridgehead atoms. The minimum absolute atomic E-state index is 0. The van der Waals surface area contributed by atoms with Crippen LogP contribution in [0.5, 0.6) is 5.75 Å². The zero-order valence-electron chi connectivity index (χ0n) is 10.8. The molecule has 0 saturated carbocycles. The van der Waals surface area contributed by atoms with Crippen LogP contribution in [0.15, 0.2) is 36.4 Å². The van der Waals surface area contributed by atoms with Gasteiger partial charge in [-0.15, -0.1) is 0 Å². The first-order valence-electron chi connectivity index (χ1n) is 5.42. The minimum Gasteiger partial charge on any atom is -0.497 e. The number of hydrogen-bond acceptors (Lipinski definition) is 2. The van der Waals surface area contributed by atoms with E-state index < -0.39 is 11.9 Å². The van der Waals surface area contributed by atoms with E-state index in [1.54, 1.807) is 14.0 Å². The van der Waals surface area contributed by atoms with Crippen molar-refractivity contribution >= 4 is 46.3 Å². The van der Waals surface area contributed by atoms with E-state index in [1.807, 2.05) is 36.4 Å². The molecule has 0 spiro atoms. The van der Waals surface area contributed by atoms with Gasteiger partial charge in [0, 0.05) is 29.6 Å². The summed E-state index contributed by atoms with van der Waals surface area (Å²) in [4.78, 5) is 10.9. The van der Waals surface area contributed by atoms with E-state index in [4.69, 9.17) is 9.84 Å². The summed E-state index contributed by atoms with van der Waals surface area (Å²) in [6, 6.07) is 11.4. The van der Waals surface area contributed by atoms with E-state index in [2.05, 4.69) is 0 Å². The summed E-state index contributed by atoms with van der Waals surface area (Å²) < 4.78 is 5.14. The fourth-order valence-electron chi connectivity index (χ4n) is 1.78. The average molecular weight is 253 g/mol. The van der Waals surface area contributed by atoms with Crippen LogP contribution in [0.25, 0.3) is 10.8 Å². The van der Waals surface area contributed by atoms with Gasteiger partial charge in [-0.1, -0.05) is 24.3 Å². The Bertz CT molecular complexity index is 566. The molecule has 0 aliphatic heterocycles. The number of carboxylic acids is 1. The van der Waals surface area contributed by atoms with Crippen LogP contribution in [0.4, 0.5) is 0 Å². The van der Waals surface area contributed by atoms with Crippen molar-refractivity contribution in [2.45, 2.75) is 12.8 Å². The SMILES string of the molecule is COc1ccc2cc([C@H](C)C(=O)O)ccc2c1.[Na]. The largest absolute Gasteiger partial charge is 0.497 e. The first-order valence-corrected chi connectivity index (χ1v) is 5.42. The molecule has 1 radical (unpaired) electrons. The third-order valence-electron chi connectivity index (χ3n) is 2.94. The summed E-state index contributed by atoms with van der Waals surface area (Å²) >= 11 is 0. The van der Waals surface area contributed by atoms with Crippen LogP contribution >= 0.6 is 0 Å². The standard InChI is InChI=1S/C14H14O3.Na/c1-9(14(15)16)10-3-4-12-8-13(17-2)6-5-11(12)7-10;/h3-9H,1-2H3,(H,15,16);/t9-;/m0./s1. The van der Waals surface area contributed by atoms with Gasteiger partial charge in [0.2, 0.25) is 0 Å². The maximum absolute atomic E-state index is 10.9. The average Bonchev–Trinajstić information content (AvgIpc) is 2.36. The second kappa shape index (κ2) is 6.23. The summed E-state index contributed by atoms with van der Waals surface area (Å²) in [7, 11) is 1.63. The maximum atomic E-state index is 10.9. The van der Waals surface area contributed by atoms with Crippen LogP contribution in [0.2, 0.25) is 0 Å². The van der Waals surface area contributed by atoms with E-state index in [-0.39, 0.29) is 29.6 Å². The number of carboxylic acid groups (broad SMARTS) is 1. The molecule has 0 amide bonds. The second-order valence-electron chi connectivity index (χ2n) is 4.03. The van der Waals surface area contributed by atoms with Gasteiger partial charge in [-0.3, -0.25) is 4.79 Å². The summed E-state index contributed by atoms with van der Waals surface area (Å²) in [6.07, 6.45) is 0. The molecule has 0 heterocycles. The first kappa shape index (κ1) is 15.0. The third-order valence-corrected chi connectivity index (χ3v) is 2.94. The number of carbonyl (C=O) groups is 1. The molecule has 0 fully saturated rings. The Morgan fingerprint density at radius 1 is 1.17 bits per heavy atom. The summed E-state index contributed by atoms with van der Waals surface area (Å²) in [5.41, 5.74) is 0.815. The van der Waals surface area contributed by atoms with Crippen molar-refractivity contribution in [1.82, 2.24) is 0 Å². The number of fused-ring (bicyclic) bond motifs is 1. The molecule has 18 heavy (non-hydrogen) atoms. The van der Waals surface area contributed by atoms with E-state index in [0.717, 1.165) is 22.1 Å². The van der Waals surface area contributed by atoms with Gasteiger partial charge in [-0.05, 0) is 35.4 Å². The van der Waals surface area contributed by atoms with Crippen molar-refractivity contribution in [2.24, 2.45) is 0 Å². The van der Waals surface area contributed by atoms with Crippen molar-refractivity contribution in [3.8, 4) is 5.75 Å². The Labute approximate surface area is 128 Å². The number of benzene rings is 2. The Kier molecular flexibility index (Phi) is 5.20. The Morgan fingerprint density at radius 3 is 2.39 bits per heavy atom. The Morgan fingerprint density at radius 2 is 1.78 bits per heavy atom. The molecule has 1 atom stereocenters. The molecule has 0 aliphatic rings. The monoisotopic (exact) mass is 253 g/mol. The fraction of sp³-hybridized carbons (Fsp3) is 0.214. The van der Waals surface area contributed by atoms with Crippen LogP contribution in [-0.4, -0.2) is 47.7 Å². The van der Waals surface area contributed by atoms with Crippen LogP contribution in [0.3, 0.4) is 0 Å². The van der Waals surface area contributed by atoms with Crippen molar-refractivity contribution in [3.63, 3.8) is 0 Å². The first-order chi connectivity index (χ1) is 8.11. The molecule has 3 nitrogen and oxygen atoms in total. The minimum atomic E-state index is -0.808. The molecule has 1 N–H and O–H groups in total. The van der Waals surface area contributed by atoms with Crippen LogP contribution in [0.1, 0.15) is 18.4 Å². The van der Waals surface area contributed by atoms with Gasteiger partial charge in [0.15, 0.2) is 0 Å². The van der Waals surface area contributed by atoms with Crippen LogP contribution in [-0.2, 0) is 4.79 Å². The molecule has 2 rings (SSSR count). The van der Waals surface area contributed by atoms with Gasteiger partial charge in [-0.2, -0.15) is 0 Å². The number of rotatable bonds is 3. The number of aliphatic carboxylic acids is 1. The normalized spacial score (nSPS) is 11.7. The molecule has 4 heteroatoms. The smallest absolute Gasteiger partial charge is 0.310 e. The summed E-state index contributed by atoms with van der Waals surface area (Å²) in [6.45, 7) is 1.69. The fourth-order valence-corrected chi connectivity index (χ4v) is 1.78. The van der Waals surface area contributed by atoms with Gasteiger partial charge < -0.3 is 9.84 Å². The van der Waals surface area contributed by atoms with E-state index in [0.29, 0.717) is 0 Å². The predicted octanol–water partition coefficient (Wildman–Crippen LogP) is 2.66. The van der Waals surface area contributed by atoms with Gasteiger partial charge in [-0.25, -0.2) is 0 Å². The van der Waals surface area contributed by atoms with Gasteiger partial charge in [0.1, 0.15) is 5.75 Å². The zero-order valence-corrected chi connectivity index (χ0v) is 12.8. The van der Waals surface area contributed by atoms with Crippen LogP contribution < -0.4 is 4.74 Å². The van der Waals surface area contributed by atoms with Gasteiger partial charge in [0.05, 0.1) is 13.0 Å². The Balaban J connectivity index is 0.00000162. The Hall–Kier alpha value is -1.03. The number of ether oxygens (including phenoxy) is 1. The molecular weight excluding hydrogens is 239 g/mol. The van der Waals surface area contributed by atoms with Gasteiger partial charge in [0.25, 0.3) is 0 Å². The van der Waals surface area contributed by atoms with Crippen molar-refractivity contribution in [2.75, 3.05) is 7.11 Å². The maximum Gasteiger partial charge on any atom is 0.310 e. The topological polar surface area (TPSA) is 46.5 Å². The number of methoxy groups -OCH3 is 1. The molecular formula is C14H14NaO3. The number of hydrogen-bond donors (Lipinski definition) is 1. The van der Waals surface area contributed by atoms with E-state index in [1.165, 1.54) is 0 Å². The third kappa shape index (κ3) is 3.05. The van der Waals surface area contributed by atoms with Crippen molar-refractivity contribution < 1.29 is 14.6 Å².